The zero-order valence-electron chi connectivity index (χ0n) is 10.7. The average Bonchev–Trinajstić information content (AvgIpc) is 2.37. The molecule has 8 heteroatoms. The van der Waals surface area contributed by atoms with Crippen LogP contribution in [-0.2, 0) is 10.3 Å². The molecule has 0 radical (unpaired) electrons. The third-order valence-corrected chi connectivity index (χ3v) is 3.18. The van der Waals surface area contributed by atoms with E-state index in [9.17, 15) is 18.9 Å². The highest BCUT2D eigenvalue weighted by Crippen LogP contribution is 2.37. The van der Waals surface area contributed by atoms with Gasteiger partial charge in [0.25, 0.3) is 11.7 Å². The van der Waals surface area contributed by atoms with E-state index in [4.69, 9.17) is 10.5 Å². The van der Waals surface area contributed by atoms with E-state index in [1.807, 2.05) is 0 Å². The lowest BCUT2D eigenvalue weighted by Crippen LogP contribution is -2.40. The zero-order valence-corrected chi connectivity index (χ0v) is 10.7. The summed E-state index contributed by atoms with van der Waals surface area (Å²) in [6, 6.07) is 2.88. The maximum absolute atomic E-state index is 14.0. The van der Waals surface area contributed by atoms with Crippen molar-refractivity contribution < 1.29 is 18.4 Å². The summed E-state index contributed by atoms with van der Waals surface area (Å²) in [4.78, 5) is 14.1. The number of aliphatic imine (C=N–C) groups is 1. The molecule has 20 heavy (non-hydrogen) atoms. The molecule has 0 aromatic heterocycles. The van der Waals surface area contributed by atoms with E-state index in [0.29, 0.717) is 0 Å². The second-order valence-electron chi connectivity index (χ2n) is 4.74. The molecule has 0 aliphatic carbocycles. The topological polar surface area (TPSA) is 90.8 Å². The maximum atomic E-state index is 14.0. The van der Waals surface area contributed by atoms with Crippen LogP contribution in [0.1, 0.15) is 18.9 Å². The van der Waals surface area contributed by atoms with Crippen LogP contribution >= 0.6 is 0 Å². The molecule has 1 heterocycles. The lowest BCUT2D eigenvalue weighted by molar-refractivity contribution is -0.385. The number of alkyl halides is 1. The quantitative estimate of drug-likeness (QED) is 0.679. The fourth-order valence-corrected chi connectivity index (χ4v) is 2.27. The fraction of sp³-hybridized carbons (Fsp3) is 0.417. The van der Waals surface area contributed by atoms with Crippen molar-refractivity contribution in [1.82, 2.24) is 0 Å². The van der Waals surface area contributed by atoms with E-state index < -0.39 is 29.1 Å². The Hall–Kier alpha value is -2.25. The van der Waals surface area contributed by atoms with Gasteiger partial charge in [0.1, 0.15) is 18.6 Å². The number of hydrogen-bond donors (Lipinski definition) is 1. The van der Waals surface area contributed by atoms with Gasteiger partial charge in [0.05, 0.1) is 10.5 Å². The van der Waals surface area contributed by atoms with Gasteiger partial charge in [-0.15, -0.1) is 0 Å². The summed E-state index contributed by atoms with van der Waals surface area (Å²) in [5, 5.41) is 10.8. The largest absolute Gasteiger partial charge is 0.459 e. The van der Waals surface area contributed by atoms with Gasteiger partial charge < -0.3 is 10.5 Å². The molecular formula is C12H13F2N3O3. The summed E-state index contributed by atoms with van der Waals surface area (Å²) in [5.41, 5.74) is 4.00. The van der Waals surface area contributed by atoms with Crippen LogP contribution in [0.4, 0.5) is 14.5 Å². The molecule has 0 saturated carbocycles. The Morgan fingerprint density at radius 1 is 1.65 bits per heavy atom. The maximum Gasteiger partial charge on any atom is 0.283 e. The molecule has 108 valence electrons. The average molecular weight is 285 g/mol. The molecule has 1 aliphatic rings. The predicted octanol–water partition coefficient (Wildman–Crippen LogP) is 2.02. The van der Waals surface area contributed by atoms with Gasteiger partial charge in [0.2, 0.25) is 0 Å². The van der Waals surface area contributed by atoms with Gasteiger partial charge in [-0.1, -0.05) is 0 Å². The van der Waals surface area contributed by atoms with Crippen molar-refractivity contribution in [2.24, 2.45) is 10.7 Å². The number of rotatable bonds is 3. The Kier molecular flexibility index (Phi) is 3.56. The standard InChI is InChI=1S/C12H13F2N3O3/c1-12(5-8(6-13)20-11(15)16-12)9-4-7(17(18)19)2-3-10(9)14/h2-4,8H,5-6H2,1H3,(H2,15,16)/t8-,12-/m0/s1. The minimum absolute atomic E-state index is 0.00333. The Morgan fingerprint density at radius 2 is 2.35 bits per heavy atom. The van der Waals surface area contributed by atoms with E-state index in [-0.39, 0.29) is 23.7 Å². The van der Waals surface area contributed by atoms with Gasteiger partial charge in [0.15, 0.2) is 0 Å². The lowest BCUT2D eigenvalue weighted by Gasteiger charge is -2.34. The highest BCUT2D eigenvalue weighted by Gasteiger charge is 2.38. The SMILES string of the molecule is C[C@@]1(c2cc([N+](=O)[O-])ccc2F)C[C@@H](CF)OC(N)=N1. The third kappa shape index (κ3) is 2.54. The molecule has 0 saturated heterocycles. The number of nitrogens with zero attached hydrogens (tertiary/aromatic N) is 2. The third-order valence-electron chi connectivity index (χ3n) is 3.18. The molecule has 1 aromatic carbocycles. The second-order valence-corrected chi connectivity index (χ2v) is 4.74. The summed E-state index contributed by atoms with van der Waals surface area (Å²) >= 11 is 0. The normalized spacial score (nSPS) is 25.8. The first-order chi connectivity index (χ1) is 9.35. The van der Waals surface area contributed by atoms with Crippen LogP contribution in [0.3, 0.4) is 0 Å². The Morgan fingerprint density at radius 3 is 2.95 bits per heavy atom. The van der Waals surface area contributed by atoms with Crippen LogP contribution in [0.2, 0.25) is 0 Å². The van der Waals surface area contributed by atoms with Crippen molar-refractivity contribution in [3.05, 3.63) is 39.7 Å². The van der Waals surface area contributed by atoms with Gasteiger partial charge >= 0.3 is 0 Å². The predicted molar refractivity (Wildman–Crippen MR) is 67.5 cm³/mol. The van der Waals surface area contributed by atoms with Gasteiger partial charge in [-0.25, -0.2) is 13.8 Å². The molecule has 0 bridgehead atoms. The van der Waals surface area contributed by atoms with E-state index in [2.05, 4.69) is 4.99 Å². The smallest absolute Gasteiger partial charge is 0.283 e. The number of ether oxygens (including phenoxy) is 1. The number of halogens is 2. The Bertz CT molecular complexity index is 579. The highest BCUT2D eigenvalue weighted by atomic mass is 19.1. The number of nitrogens with two attached hydrogens (primary N) is 1. The molecule has 2 N–H and O–H groups in total. The van der Waals surface area contributed by atoms with E-state index in [0.717, 1.165) is 18.2 Å². The summed E-state index contributed by atoms with van der Waals surface area (Å²) in [5.74, 6) is -0.658. The molecule has 0 unspecified atom stereocenters. The monoisotopic (exact) mass is 285 g/mol. The molecule has 1 aliphatic heterocycles. The first-order valence-electron chi connectivity index (χ1n) is 5.88. The van der Waals surface area contributed by atoms with Crippen LogP contribution < -0.4 is 5.73 Å². The van der Waals surface area contributed by atoms with Crippen LogP contribution in [0, 0.1) is 15.9 Å². The minimum atomic E-state index is -1.20. The number of non-ortho nitro benzene ring substituents is 1. The molecule has 6 nitrogen and oxygen atoms in total. The molecule has 2 rings (SSSR count). The number of nitro groups is 1. The lowest BCUT2D eigenvalue weighted by atomic mass is 9.85. The van der Waals surface area contributed by atoms with Crippen LogP contribution in [0.5, 0.6) is 0 Å². The first-order valence-corrected chi connectivity index (χ1v) is 5.88. The van der Waals surface area contributed by atoms with Crippen molar-refractivity contribution in [2.75, 3.05) is 6.67 Å². The van der Waals surface area contributed by atoms with Crippen LogP contribution in [-0.4, -0.2) is 23.7 Å². The summed E-state index contributed by atoms with van der Waals surface area (Å²) in [6.45, 7) is 0.732. The molecular weight excluding hydrogens is 272 g/mol. The zero-order chi connectivity index (χ0) is 14.9. The van der Waals surface area contributed by atoms with Gasteiger partial charge in [0, 0.05) is 24.1 Å². The van der Waals surface area contributed by atoms with E-state index in [1.165, 1.54) is 6.92 Å². The van der Waals surface area contributed by atoms with Crippen molar-refractivity contribution in [2.45, 2.75) is 25.0 Å². The van der Waals surface area contributed by atoms with Crippen LogP contribution in [0.15, 0.2) is 23.2 Å². The number of amidine groups is 1. The molecule has 0 spiro atoms. The highest BCUT2D eigenvalue weighted by molar-refractivity contribution is 5.73. The first kappa shape index (κ1) is 14.2. The molecule has 1 aromatic rings. The molecule has 0 amide bonds. The summed E-state index contributed by atoms with van der Waals surface area (Å²) in [7, 11) is 0. The number of benzene rings is 1. The van der Waals surface area contributed by atoms with Crippen molar-refractivity contribution >= 4 is 11.7 Å². The Balaban J connectivity index is 2.51. The van der Waals surface area contributed by atoms with Gasteiger partial charge in [-0.3, -0.25) is 10.1 Å². The van der Waals surface area contributed by atoms with Gasteiger partial charge in [-0.2, -0.15) is 0 Å². The summed E-state index contributed by atoms with van der Waals surface area (Å²) < 4.78 is 31.7. The molecule has 2 atom stereocenters. The van der Waals surface area contributed by atoms with Gasteiger partial charge in [-0.05, 0) is 13.0 Å². The van der Waals surface area contributed by atoms with Crippen molar-refractivity contribution in [1.29, 1.82) is 0 Å². The summed E-state index contributed by atoms with van der Waals surface area (Å²) in [6.07, 6.45) is -0.807. The number of hydrogen-bond acceptors (Lipinski definition) is 5. The minimum Gasteiger partial charge on any atom is -0.459 e. The van der Waals surface area contributed by atoms with E-state index >= 15 is 0 Å². The van der Waals surface area contributed by atoms with Crippen LogP contribution in [0.25, 0.3) is 0 Å². The van der Waals surface area contributed by atoms with Crippen molar-refractivity contribution in [3.8, 4) is 0 Å². The van der Waals surface area contributed by atoms with E-state index in [1.54, 1.807) is 0 Å². The fourth-order valence-electron chi connectivity index (χ4n) is 2.27. The Labute approximate surface area is 113 Å². The van der Waals surface area contributed by atoms with Crippen molar-refractivity contribution in [3.63, 3.8) is 0 Å². The molecule has 0 fully saturated rings. The number of nitro benzene ring substituents is 1. The second kappa shape index (κ2) is 5.03.